The van der Waals surface area contributed by atoms with Crippen molar-refractivity contribution in [1.29, 1.82) is 0 Å². The van der Waals surface area contributed by atoms with E-state index in [4.69, 9.17) is 0 Å². The summed E-state index contributed by atoms with van der Waals surface area (Å²) in [5, 5.41) is 23.2. The van der Waals surface area contributed by atoms with Crippen molar-refractivity contribution in [2.24, 2.45) is 17.8 Å². The summed E-state index contributed by atoms with van der Waals surface area (Å²) in [7, 11) is 0. The zero-order valence-electron chi connectivity index (χ0n) is 10.2. The fourth-order valence-electron chi connectivity index (χ4n) is 4.48. The average Bonchev–Trinajstić information content (AvgIpc) is 2.54. The second-order valence-corrected chi connectivity index (χ2v) is 6.18. The van der Waals surface area contributed by atoms with E-state index in [1.165, 1.54) is 12.8 Å². The van der Waals surface area contributed by atoms with Gasteiger partial charge in [-0.3, -0.25) is 4.79 Å². The van der Waals surface area contributed by atoms with Crippen LogP contribution in [0.2, 0.25) is 0 Å². The first-order valence-corrected chi connectivity index (χ1v) is 6.72. The van der Waals surface area contributed by atoms with Crippen LogP contribution in [0.1, 0.15) is 39.0 Å². The molecule has 2 saturated carbocycles. The minimum absolute atomic E-state index is 0.121. The van der Waals surface area contributed by atoms with Crippen molar-refractivity contribution in [2.45, 2.75) is 56.8 Å². The van der Waals surface area contributed by atoms with Gasteiger partial charge in [0.1, 0.15) is 6.10 Å². The largest absolute Gasteiger partial charge is 0.393 e. The molecule has 1 aliphatic heterocycles. The monoisotopic (exact) mass is 239 g/mol. The summed E-state index contributed by atoms with van der Waals surface area (Å²) in [4.78, 5) is 11.7. The Bertz CT molecular complexity index is 346. The zero-order chi connectivity index (χ0) is 12.2. The van der Waals surface area contributed by atoms with Gasteiger partial charge in [0, 0.05) is 11.5 Å². The number of hydrogen-bond acceptors (Lipinski definition) is 3. The van der Waals surface area contributed by atoms with Gasteiger partial charge >= 0.3 is 0 Å². The molecule has 0 spiro atoms. The van der Waals surface area contributed by atoms with Gasteiger partial charge in [-0.15, -0.1) is 0 Å². The second kappa shape index (κ2) is 3.69. The van der Waals surface area contributed by atoms with E-state index in [9.17, 15) is 15.0 Å². The van der Waals surface area contributed by atoms with Gasteiger partial charge in [-0.1, -0.05) is 12.8 Å². The smallest absolute Gasteiger partial charge is 0.249 e. The average molecular weight is 239 g/mol. The van der Waals surface area contributed by atoms with Crippen LogP contribution in [0.15, 0.2) is 0 Å². The molecule has 0 radical (unpaired) electrons. The molecule has 1 amide bonds. The first kappa shape index (κ1) is 11.5. The highest BCUT2D eigenvalue weighted by atomic mass is 16.3. The number of amides is 1. The Morgan fingerprint density at radius 3 is 2.71 bits per heavy atom. The van der Waals surface area contributed by atoms with Crippen molar-refractivity contribution in [3.05, 3.63) is 0 Å². The van der Waals surface area contributed by atoms with Gasteiger partial charge in [-0.05, 0) is 38.0 Å². The third-order valence-corrected chi connectivity index (χ3v) is 5.39. The van der Waals surface area contributed by atoms with Gasteiger partial charge in [-0.2, -0.15) is 0 Å². The minimum Gasteiger partial charge on any atom is -0.393 e. The third kappa shape index (κ3) is 1.47. The van der Waals surface area contributed by atoms with Gasteiger partial charge < -0.3 is 15.5 Å². The summed E-state index contributed by atoms with van der Waals surface area (Å²) in [6.45, 7) is 2.06. The number of aliphatic hydroxyl groups excluding tert-OH is 2. The zero-order valence-corrected chi connectivity index (χ0v) is 10.2. The normalized spacial score (nSPS) is 53.8. The van der Waals surface area contributed by atoms with Crippen LogP contribution in [-0.4, -0.2) is 33.9 Å². The summed E-state index contributed by atoms with van der Waals surface area (Å²) in [6, 6.07) is 0. The van der Waals surface area contributed by atoms with Crippen molar-refractivity contribution in [3.63, 3.8) is 0 Å². The topological polar surface area (TPSA) is 69.6 Å². The number of carbonyl (C=O) groups is 1. The highest BCUT2D eigenvalue weighted by molar-refractivity contribution is 5.84. The second-order valence-electron chi connectivity index (χ2n) is 6.18. The minimum atomic E-state index is -0.933. The van der Waals surface area contributed by atoms with Gasteiger partial charge in [0.2, 0.25) is 5.91 Å². The fraction of sp³-hybridized carbons (Fsp3) is 0.923. The lowest BCUT2D eigenvalue weighted by molar-refractivity contribution is -0.127. The molecule has 96 valence electrons. The maximum atomic E-state index is 11.7. The molecule has 0 bridgehead atoms. The Morgan fingerprint density at radius 1 is 1.24 bits per heavy atom. The summed E-state index contributed by atoms with van der Waals surface area (Å²) >= 11 is 0. The van der Waals surface area contributed by atoms with E-state index < -0.39 is 6.10 Å². The van der Waals surface area contributed by atoms with Crippen LogP contribution in [0.4, 0.5) is 0 Å². The number of rotatable bonds is 0. The van der Waals surface area contributed by atoms with E-state index in [1.807, 2.05) is 0 Å². The molecule has 3 N–H and O–H groups in total. The van der Waals surface area contributed by atoms with E-state index in [0.29, 0.717) is 18.3 Å². The van der Waals surface area contributed by atoms with E-state index >= 15 is 0 Å². The predicted molar refractivity (Wildman–Crippen MR) is 62.1 cm³/mol. The molecule has 3 rings (SSSR count). The van der Waals surface area contributed by atoms with Gasteiger partial charge in [0.15, 0.2) is 0 Å². The molecule has 4 nitrogen and oxygen atoms in total. The molecule has 0 aromatic heterocycles. The van der Waals surface area contributed by atoms with Crippen LogP contribution in [0.5, 0.6) is 0 Å². The number of fused-ring (bicyclic) bond motifs is 3. The quantitative estimate of drug-likeness (QED) is 0.574. The van der Waals surface area contributed by atoms with E-state index in [0.717, 1.165) is 12.8 Å². The maximum Gasteiger partial charge on any atom is 0.249 e. The number of aliphatic hydroxyl groups is 2. The van der Waals surface area contributed by atoms with Crippen molar-refractivity contribution in [2.75, 3.05) is 0 Å². The van der Waals surface area contributed by atoms with E-state index in [2.05, 4.69) is 12.2 Å². The molecule has 6 atom stereocenters. The molecule has 3 fully saturated rings. The Balaban J connectivity index is 1.95. The number of nitrogens with one attached hydrogen (secondary N) is 1. The van der Waals surface area contributed by atoms with Crippen molar-refractivity contribution in [1.82, 2.24) is 5.32 Å². The molecule has 0 unspecified atom stereocenters. The fourth-order valence-corrected chi connectivity index (χ4v) is 4.48. The molecule has 0 aromatic carbocycles. The van der Waals surface area contributed by atoms with Crippen molar-refractivity contribution >= 4 is 5.91 Å². The molecule has 4 heteroatoms. The van der Waals surface area contributed by atoms with Crippen molar-refractivity contribution in [3.8, 4) is 0 Å². The van der Waals surface area contributed by atoms with Gasteiger partial charge in [0.25, 0.3) is 0 Å². The number of carbonyl (C=O) groups excluding carboxylic acids is 1. The highest BCUT2D eigenvalue weighted by Gasteiger charge is 2.59. The Morgan fingerprint density at radius 2 is 1.94 bits per heavy atom. The van der Waals surface area contributed by atoms with Crippen LogP contribution in [0.25, 0.3) is 0 Å². The van der Waals surface area contributed by atoms with Gasteiger partial charge in [0.05, 0.1) is 6.10 Å². The summed E-state index contributed by atoms with van der Waals surface area (Å²) in [5.74, 6) is 0.252. The molecule has 1 heterocycles. The van der Waals surface area contributed by atoms with Crippen LogP contribution in [0, 0.1) is 17.8 Å². The van der Waals surface area contributed by atoms with Crippen LogP contribution < -0.4 is 5.32 Å². The van der Waals surface area contributed by atoms with Crippen molar-refractivity contribution < 1.29 is 15.0 Å². The lowest BCUT2D eigenvalue weighted by Crippen LogP contribution is -2.59. The first-order chi connectivity index (χ1) is 8.04. The highest BCUT2D eigenvalue weighted by Crippen LogP contribution is 2.51. The lowest BCUT2D eigenvalue weighted by Gasteiger charge is -2.51. The van der Waals surface area contributed by atoms with Gasteiger partial charge in [-0.25, -0.2) is 0 Å². The number of hydrogen-bond donors (Lipinski definition) is 3. The summed E-state index contributed by atoms with van der Waals surface area (Å²) in [5.41, 5.74) is -0.305. The summed E-state index contributed by atoms with van der Waals surface area (Å²) in [6.07, 6.45) is 3.73. The molecule has 0 aromatic rings. The third-order valence-electron chi connectivity index (χ3n) is 5.39. The Hall–Kier alpha value is -0.610. The molecule has 1 saturated heterocycles. The van der Waals surface area contributed by atoms with E-state index in [1.54, 1.807) is 0 Å². The van der Waals surface area contributed by atoms with Crippen LogP contribution in [-0.2, 0) is 4.79 Å². The lowest BCUT2D eigenvalue weighted by atomic mass is 9.57. The standard InChI is InChI=1S/C13H21NO3/c1-13-8-5-3-2-4-7(8)10(15)6-9(13)11(16)12(17)14-13/h7-11,15-16H,2-6H2,1H3,(H,14,17)/t7-,8-,9-,10-,11+,13-/m0/s1. The van der Waals surface area contributed by atoms with E-state index in [-0.39, 0.29) is 23.5 Å². The molecule has 3 aliphatic rings. The SMILES string of the molecule is C[C@@]12NC(=O)[C@H](O)[C@@H]1C[C@H](O)[C@H]1CCCC[C@@H]12. The van der Waals surface area contributed by atoms with Crippen LogP contribution in [0.3, 0.4) is 0 Å². The molecule has 17 heavy (non-hydrogen) atoms. The Kier molecular flexibility index (Phi) is 2.49. The molecule has 2 aliphatic carbocycles. The first-order valence-electron chi connectivity index (χ1n) is 6.72. The van der Waals surface area contributed by atoms with Crippen LogP contribution >= 0.6 is 0 Å². The summed E-state index contributed by atoms with van der Waals surface area (Å²) < 4.78 is 0. The maximum absolute atomic E-state index is 11.7. The molecular weight excluding hydrogens is 218 g/mol. The Labute approximate surface area is 101 Å². The predicted octanol–water partition coefficient (Wildman–Crippen LogP) is 0.423. The molecular formula is C13H21NO3.